The van der Waals surface area contributed by atoms with Gasteiger partial charge in [-0.15, -0.1) is 0 Å². The van der Waals surface area contributed by atoms with E-state index in [-0.39, 0.29) is 5.69 Å². The second-order valence-electron chi connectivity index (χ2n) is 4.82. The van der Waals surface area contributed by atoms with Crippen molar-refractivity contribution in [2.75, 3.05) is 0 Å². The molecule has 22 heavy (non-hydrogen) atoms. The van der Waals surface area contributed by atoms with Crippen molar-refractivity contribution in [2.45, 2.75) is 18.2 Å². The second kappa shape index (κ2) is 5.76. The molecule has 0 aliphatic heterocycles. The van der Waals surface area contributed by atoms with E-state index < -0.39 is 28.7 Å². The maximum absolute atomic E-state index is 13.4. The van der Waals surface area contributed by atoms with Crippen molar-refractivity contribution in [3.05, 3.63) is 75.8 Å². The average molecular weight is 311 g/mol. The number of nitro groups is 1. The van der Waals surface area contributed by atoms with Gasteiger partial charge in [-0.3, -0.25) is 10.1 Å². The first kappa shape index (κ1) is 16.0. The molecule has 0 aliphatic carbocycles. The van der Waals surface area contributed by atoms with Crippen LogP contribution in [0.4, 0.5) is 18.9 Å². The molecule has 1 N–H and O–H groups in total. The van der Waals surface area contributed by atoms with Gasteiger partial charge in [-0.25, -0.2) is 0 Å². The van der Waals surface area contributed by atoms with Crippen LogP contribution in [0.2, 0.25) is 0 Å². The fraction of sp³-hybridized carbons (Fsp3) is 0.200. The van der Waals surface area contributed by atoms with E-state index in [4.69, 9.17) is 0 Å². The van der Waals surface area contributed by atoms with Crippen LogP contribution in [-0.2, 0) is 12.0 Å². The van der Waals surface area contributed by atoms with E-state index in [1.54, 1.807) is 18.2 Å². The second-order valence-corrected chi connectivity index (χ2v) is 4.82. The van der Waals surface area contributed by atoms with E-state index in [2.05, 4.69) is 0 Å². The van der Waals surface area contributed by atoms with Gasteiger partial charge in [0.25, 0.3) is 5.69 Å². The predicted octanol–water partition coefficient (Wildman–Crippen LogP) is 3.59. The van der Waals surface area contributed by atoms with Gasteiger partial charge in [0.05, 0.1) is 4.92 Å². The van der Waals surface area contributed by atoms with E-state index in [1.807, 2.05) is 0 Å². The standard InChI is InChI=1S/C15H12F3NO3/c16-15(17,18)14(20,10-11-4-2-1-3-5-11)12-6-8-13(9-7-12)19(21)22/h1-9,20H,10H2. The minimum Gasteiger partial charge on any atom is -0.376 e. The number of rotatable bonds is 4. The van der Waals surface area contributed by atoms with E-state index in [0.717, 1.165) is 24.3 Å². The summed E-state index contributed by atoms with van der Waals surface area (Å²) >= 11 is 0. The lowest BCUT2D eigenvalue weighted by atomic mass is 9.86. The summed E-state index contributed by atoms with van der Waals surface area (Å²) in [6.07, 6.45) is -5.59. The smallest absolute Gasteiger partial charge is 0.376 e. The summed E-state index contributed by atoms with van der Waals surface area (Å²) in [5, 5.41) is 20.8. The van der Waals surface area contributed by atoms with Gasteiger partial charge in [-0.1, -0.05) is 30.3 Å². The third-order valence-corrected chi connectivity index (χ3v) is 3.33. The SMILES string of the molecule is O=[N+]([O-])c1ccc(C(O)(Cc2ccccc2)C(F)(F)F)cc1. The van der Waals surface area contributed by atoms with Gasteiger partial charge in [0, 0.05) is 18.6 Å². The van der Waals surface area contributed by atoms with Crippen molar-refractivity contribution in [1.29, 1.82) is 0 Å². The Kier molecular flexibility index (Phi) is 4.18. The summed E-state index contributed by atoms with van der Waals surface area (Å²) in [6.45, 7) is 0. The summed E-state index contributed by atoms with van der Waals surface area (Å²) in [7, 11) is 0. The number of hydrogen-bond acceptors (Lipinski definition) is 3. The largest absolute Gasteiger partial charge is 0.421 e. The molecule has 2 aromatic carbocycles. The molecule has 0 heterocycles. The molecular formula is C15H12F3NO3. The van der Waals surface area contributed by atoms with Crippen LogP contribution < -0.4 is 0 Å². The van der Waals surface area contributed by atoms with Gasteiger partial charge in [-0.2, -0.15) is 13.2 Å². The van der Waals surface area contributed by atoms with Crippen molar-refractivity contribution in [1.82, 2.24) is 0 Å². The molecule has 0 bridgehead atoms. The molecule has 1 atom stereocenters. The highest BCUT2D eigenvalue weighted by Crippen LogP contribution is 2.41. The summed E-state index contributed by atoms with van der Waals surface area (Å²) in [6, 6.07) is 11.5. The number of benzene rings is 2. The molecular weight excluding hydrogens is 299 g/mol. The molecule has 116 valence electrons. The fourth-order valence-corrected chi connectivity index (χ4v) is 2.12. The molecule has 0 saturated heterocycles. The van der Waals surface area contributed by atoms with Gasteiger partial charge >= 0.3 is 6.18 Å². The number of halogens is 3. The van der Waals surface area contributed by atoms with Crippen LogP contribution in [0.15, 0.2) is 54.6 Å². The quantitative estimate of drug-likeness (QED) is 0.693. The fourth-order valence-electron chi connectivity index (χ4n) is 2.12. The molecule has 0 fully saturated rings. The van der Waals surface area contributed by atoms with E-state index >= 15 is 0 Å². The molecule has 7 heteroatoms. The summed E-state index contributed by atoms with van der Waals surface area (Å²) in [4.78, 5) is 9.86. The Hall–Kier alpha value is -2.41. The van der Waals surface area contributed by atoms with Crippen molar-refractivity contribution in [3.63, 3.8) is 0 Å². The highest BCUT2D eigenvalue weighted by Gasteiger charge is 2.54. The van der Waals surface area contributed by atoms with Crippen molar-refractivity contribution in [2.24, 2.45) is 0 Å². The number of aliphatic hydroxyl groups is 1. The number of non-ortho nitro benzene ring substituents is 1. The summed E-state index contributed by atoms with van der Waals surface area (Å²) in [5.41, 5.74) is -3.58. The molecule has 0 amide bonds. The van der Waals surface area contributed by atoms with Crippen LogP contribution in [0.3, 0.4) is 0 Å². The predicted molar refractivity (Wildman–Crippen MR) is 73.2 cm³/mol. The molecule has 0 radical (unpaired) electrons. The first-order valence-corrected chi connectivity index (χ1v) is 6.32. The zero-order chi connectivity index (χ0) is 16.4. The van der Waals surface area contributed by atoms with E-state index in [0.29, 0.717) is 5.56 Å². The maximum Gasteiger partial charge on any atom is 0.421 e. The van der Waals surface area contributed by atoms with Crippen LogP contribution in [0.25, 0.3) is 0 Å². The number of nitro benzene ring substituents is 1. The van der Waals surface area contributed by atoms with Gasteiger partial charge in [0.15, 0.2) is 5.60 Å². The van der Waals surface area contributed by atoms with Crippen LogP contribution in [0, 0.1) is 10.1 Å². The van der Waals surface area contributed by atoms with Crippen molar-refractivity contribution >= 4 is 5.69 Å². The van der Waals surface area contributed by atoms with Crippen molar-refractivity contribution < 1.29 is 23.2 Å². The molecule has 1 unspecified atom stereocenters. The van der Waals surface area contributed by atoms with E-state index in [1.165, 1.54) is 12.1 Å². The number of nitrogens with zero attached hydrogens (tertiary/aromatic N) is 1. The van der Waals surface area contributed by atoms with Crippen LogP contribution >= 0.6 is 0 Å². The van der Waals surface area contributed by atoms with E-state index in [9.17, 15) is 28.4 Å². The van der Waals surface area contributed by atoms with Crippen molar-refractivity contribution in [3.8, 4) is 0 Å². The molecule has 4 nitrogen and oxygen atoms in total. The summed E-state index contributed by atoms with van der Waals surface area (Å²) in [5.74, 6) is 0. The van der Waals surface area contributed by atoms with Gasteiger partial charge in [-0.05, 0) is 23.3 Å². The maximum atomic E-state index is 13.4. The highest BCUT2D eigenvalue weighted by atomic mass is 19.4. The third kappa shape index (κ3) is 3.09. The third-order valence-electron chi connectivity index (χ3n) is 3.33. The molecule has 0 aliphatic rings. The number of hydrogen-bond donors (Lipinski definition) is 1. The highest BCUT2D eigenvalue weighted by molar-refractivity contribution is 5.37. The Morgan fingerprint density at radius 1 is 1.00 bits per heavy atom. The van der Waals surface area contributed by atoms with Crippen LogP contribution in [-0.4, -0.2) is 16.2 Å². The topological polar surface area (TPSA) is 63.4 Å². The normalized spacial score (nSPS) is 14.4. The monoisotopic (exact) mass is 311 g/mol. The lowest BCUT2D eigenvalue weighted by molar-refractivity contribution is -0.384. The lowest BCUT2D eigenvalue weighted by Crippen LogP contribution is -2.44. The molecule has 2 aromatic rings. The van der Waals surface area contributed by atoms with Gasteiger partial charge in [0.1, 0.15) is 0 Å². The Morgan fingerprint density at radius 3 is 2.00 bits per heavy atom. The average Bonchev–Trinajstić information content (AvgIpc) is 2.47. The minimum absolute atomic E-state index is 0.306. The van der Waals surface area contributed by atoms with Gasteiger partial charge < -0.3 is 5.11 Å². The lowest BCUT2D eigenvalue weighted by Gasteiger charge is -2.31. The Morgan fingerprint density at radius 2 is 1.55 bits per heavy atom. The zero-order valence-electron chi connectivity index (χ0n) is 11.2. The van der Waals surface area contributed by atoms with Crippen LogP contribution in [0.5, 0.6) is 0 Å². The molecule has 0 aromatic heterocycles. The summed E-state index contributed by atoms with van der Waals surface area (Å²) < 4.78 is 40.1. The minimum atomic E-state index is -4.92. The zero-order valence-corrected chi connectivity index (χ0v) is 11.2. The Labute approximate surface area is 124 Å². The Balaban J connectivity index is 2.43. The van der Waals surface area contributed by atoms with Crippen LogP contribution in [0.1, 0.15) is 11.1 Å². The first-order valence-electron chi connectivity index (χ1n) is 6.32. The van der Waals surface area contributed by atoms with Gasteiger partial charge in [0.2, 0.25) is 0 Å². The molecule has 0 spiro atoms. The Bertz CT molecular complexity index is 656. The first-order chi connectivity index (χ1) is 10.2. The molecule has 0 saturated carbocycles. The number of alkyl halides is 3. The molecule has 2 rings (SSSR count).